The molecule has 0 bridgehead atoms. The van der Waals surface area contributed by atoms with Crippen molar-refractivity contribution in [2.45, 2.75) is 32.8 Å². The summed E-state index contributed by atoms with van der Waals surface area (Å²) in [7, 11) is 0. The van der Waals surface area contributed by atoms with Crippen LogP contribution in [0.2, 0.25) is 0 Å². The van der Waals surface area contributed by atoms with Crippen molar-refractivity contribution in [1.82, 2.24) is 0 Å². The fourth-order valence-corrected chi connectivity index (χ4v) is 0.637. The summed E-state index contributed by atoms with van der Waals surface area (Å²) < 4.78 is 5.36. The zero-order chi connectivity index (χ0) is 7.11. The molecule has 0 aromatic rings. The van der Waals surface area contributed by atoms with E-state index in [-0.39, 0.29) is 6.10 Å². The molecule has 0 saturated carbocycles. The lowest BCUT2D eigenvalue weighted by molar-refractivity contribution is 0.0572. The maximum atomic E-state index is 5.40. The number of ether oxygens (including phenoxy) is 1. The van der Waals surface area contributed by atoms with Crippen LogP contribution in [0.5, 0.6) is 0 Å². The molecule has 2 heteroatoms. The number of rotatable bonds is 5. The van der Waals surface area contributed by atoms with Crippen LogP contribution in [0.4, 0.5) is 0 Å². The molecule has 0 heterocycles. The monoisotopic (exact) mass is 131 g/mol. The number of hydrogen-bond acceptors (Lipinski definition) is 2. The van der Waals surface area contributed by atoms with Gasteiger partial charge in [0.05, 0.1) is 6.10 Å². The lowest BCUT2D eigenvalue weighted by atomic mass is 10.3. The van der Waals surface area contributed by atoms with Crippen LogP contribution < -0.4 is 5.73 Å². The number of nitrogens with two attached hydrogens (primary N) is 1. The Kier molecular flexibility index (Phi) is 5.99. The second-order valence-electron chi connectivity index (χ2n) is 2.14. The van der Waals surface area contributed by atoms with E-state index < -0.39 is 0 Å². The van der Waals surface area contributed by atoms with Gasteiger partial charge in [-0.05, 0) is 12.8 Å². The molecule has 2 N–H and O–H groups in total. The van der Waals surface area contributed by atoms with Crippen LogP contribution in [0.3, 0.4) is 0 Å². The van der Waals surface area contributed by atoms with E-state index in [0.717, 1.165) is 19.4 Å². The molecule has 0 aliphatic carbocycles. The highest BCUT2D eigenvalue weighted by molar-refractivity contribution is 4.53. The highest BCUT2D eigenvalue weighted by Crippen LogP contribution is 1.95. The first-order chi connectivity index (χ1) is 4.35. The van der Waals surface area contributed by atoms with Crippen molar-refractivity contribution in [3.8, 4) is 0 Å². The fourth-order valence-electron chi connectivity index (χ4n) is 0.637. The first-order valence-corrected chi connectivity index (χ1v) is 3.66. The molecule has 0 aromatic heterocycles. The van der Waals surface area contributed by atoms with Gasteiger partial charge in [0.1, 0.15) is 0 Å². The molecule has 56 valence electrons. The molecule has 0 aliphatic heterocycles. The van der Waals surface area contributed by atoms with Crippen molar-refractivity contribution in [2.24, 2.45) is 5.73 Å². The van der Waals surface area contributed by atoms with Gasteiger partial charge in [-0.2, -0.15) is 0 Å². The van der Waals surface area contributed by atoms with E-state index >= 15 is 0 Å². The van der Waals surface area contributed by atoms with E-state index in [0.29, 0.717) is 6.54 Å². The highest BCUT2D eigenvalue weighted by atomic mass is 16.5. The molecular weight excluding hydrogens is 114 g/mol. The molecule has 0 spiro atoms. The third kappa shape index (κ3) is 4.43. The molecule has 0 unspecified atom stereocenters. The Labute approximate surface area is 57.4 Å². The van der Waals surface area contributed by atoms with Gasteiger partial charge in [0, 0.05) is 13.2 Å². The van der Waals surface area contributed by atoms with Gasteiger partial charge in [-0.1, -0.05) is 13.8 Å². The van der Waals surface area contributed by atoms with Crippen LogP contribution in [-0.2, 0) is 4.74 Å². The van der Waals surface area contributed by atoms with Crippen LogP contribution in [0.1, 0.15) is 26.7 Å². The van der Waals surface area contributed by atoms with Crippen molar-refractivity contribution < 1.29 is 4.74 Å². The predicted molar refractivity (Wildman–Crippen MR) is 39.4 cm³/mol. The maximum Gasteiger partial charge on any atom is 0.0694 e. The van der Waals surface area contributed by atoms with Gasteiger partial charge in [0.15, 0.2) is 0 Å². The summed E-state index contributed by atoms with van der Waals surface area (Å²) in [5.74, 6) is 0. The fraction of sp³-hybridized carbons (Fsp3) is 1.00. The highest BCUT2D eigenvalue weighted by Gasteiger charge is 2.00. The summed E-state index contributed by atoms with van der Waals surface area (Å²) >= 11 is 0. The molecule has 0 fully saturated rings. The van der Waals surface area contributed by atoms with Crippen LogP contribution in [-0.4, -0.2) is 19.3 Å². The molecule has 0 aliphatic rings. The van der Waals surface area contributed by atoms with Gasteiger partial charge in [-0.25, -0.2) is 0 Å². The maximum absolute atomic E-state index is 5.40. The minimum Gasteiger partial charge on any atom is -0.377 e. The van der Waals surface area contributed by atoms with Crippen LogP contribution >= 0.6 is 0 Å². The summed E-state index contributed by atoms with van der Waals surface area (Å²) in [4.78, 5) is 0. The zero-order valence-corrected chi connectivity index (χ0v) is 6.39. The Morgan fingerprint density at radius 1 is 1.44 bits per heavy atom. The Bertz CT molecular complexity index is 52.9. The standard InChI is InChI=1S/C7H17NO/c1-3-5-9-7(4-2)6-8/h7H,3-6,8H2,1-2H3/t7-/m0/s1. The van der Waals surface area contributed by atoms with Gasteiger partial charge in [0.2, 0.25) is 0 Å². The van der Waals surface area contributed by atoms with E-state index in [1.807, 2.05) is 0 Å². The van der Waals surface area contributed by atoms with Crippen molar-refractivity contribution in [3.05, 3.63) is 0 Å². The van der Waals surface area contributed by atoms with Crippen molar-refractivity contribution in [2.75, 3.05) is 13.2 Å². The average molecular weight is 131 g/mol. The average Bonchev–Trinajstić information content (AvgIpc) is 1.91. The molecule has 0 aromatic carbocycles. The SMILES string of the molecule is CCCO[C@@H](CC)CN. The van der Waals surface area contributed by atoms with Crippen molar-refractivity contribution in [1.29, 1.82) is 0 Å². The first kappa shape index (κ1) is 8.92. The van der Waals surface area contributed by atoms with Gasteiger partial charge in [0.25, 0.3) is 0 Å². The van der Waals surface area contributed by atoms with E-state index in [1.54, 1.807) is 0 Å². The second kappa shape index (κ2) is 6.05. The Morgan fingerprint density at radius 2 is 2.11 bits per heavy atom. The summed E-state index contributed by atoms with van der Waals surface area (Å²) in [5, 5.41) is 0. The second-order valence-corrected chi connectivity index (χ2v) is 2.14. The summed E-state index contributed by atoms with van der Waals surface area (Å²) in [5.41, 5.74) is 5.40. The van der Waals surface area contributed by atoms with Crippen molar-refractivity contribution >= 4 is 0 Å². The summed E-state index contributed by atoms with van der Waals surface area (Å²) in [6.07, 6.45) is 2.39. The molecular formula is C7H17NO. The van der Waals surface area contributed by atoms with Crippen LogP contribution in [0.15, 0.2) is 0 Å². The predicted octanol–water partition coefficient (Wildman–Crippen LogP) is 1.15. The first-order valence-electron chi connectivity index (χ1n) is 3.66. The lowest BCUT2D eigenvalue weighted by Crippen LogP contribution is -2.22. The smallest absolute Gasteiger partial charge is 0.0694 e. The Morgan fingerprint density at radius 3 is 2.44 bits per heavy atom. The Balaban J connectivity index is 3.09. The summed E-state index contributed by atoms with van der Waals surface area (Å²) in [6, 6.07) is 0. The minimum atomic E-state index is 0.282. The molecule has 0 saturated heterocycles. The summed E-state index contributed by atoms with van der Waals surface area (Å²) in [6.45, 7) is 5.68. The molecule has 0 rings (SSSR count). The normalized spacial score (nSPS) is 13.7. The van der Waals surface area contributed by atoms with Gasteiger partial charge in [-0.15, -0.1) is 0 Å². The molecule has 0 radical (unpaired) electrons. The molecule has 2 nitrogen and oxygen atoms in total. The van der Waals surface area contributed by atoms with Crippen molar-refractivity contribution in [3.63, 3.8) is 0 Å². The molecule has 1 atom stereocenters. The lowest BCUT2D eigenvalue weighted by Gasteiger charge is -2.11. The third-order valence-electron chi connectivity index (χ3n) is 1.28. The quantitative estimate of drug-likeness (QED) is 0.607. The van der Waals surface area contributed by atoms with Gasteiger partial charge >= 0.3 is 0 Å². The third-order valence-corrected chi connectivity index (χ3v) is 1.28. The van der Waals surface area contributed by atoms with Gasteiger partial charge < -0.3 is 10.5 Å². The number of hydrogen-bond donors (Lipinski definition) is 1. The van der Waals surface area contributed by atoms with E-state index in [4.69, 9.17) is 10.5 Å². The van der Waals surface area contributed by atoms with E-state index in [9.17, 15) is 0 Å². The van der Waals surface area contributed by atoms with Crippen LogP contribution in [0, 0.1) is 0 Å². The molecule has 0 amide bonds. The zero-order valence-electron chi connectivity index (χ0n) is 6.39. The van der Waals surface area contributed by atoms with Gasteiger partial charge in [-0.3, -0.25) is 0 Å². The minimum absolute atomic E-state index is 0.282. The van der Waals surface area contributed by atoms with E-state index in [2.05, 4.69) is 13.8 Å². The van der Waals surface area contributed by atoms with Crippen LogP contribution in [0.25, 0.3) is 0 Å². The Hall–Kier alpha value is -0.0800. The largest absolute Gasteiger partial charge is 0.377 e. The van der Waals surface area contributed by atoms with E-state index in [1.165, 1.54) is 0 Å². The topological polar surface area (TPSA) is 35.2 Å². The molecule has 9 heavy (non-hydrogen) atoms.